The van der Waals surface area contributed by atoms with Crippen LogP contribution >= 0.6 is 0 Å². The van der Waals surface area contributed by atoms with Gasteiger partial charge in [-0.05, 0) is 37.6 Å². The van der Waals surface area contributed by atoms with E-state index in [4.69, 9.17) is 0 Å². The van der Waals surface area contributed by atoms with E-state index in [0.717, 1.165) is 24.4 Å². The quantitative estimate of drug-likeness (QED) is 0.627. The number of unbranched alkanes of at least 4 members (excludes halogenated alkanes) is 1. The number of nitrogens with one attached hydrogen (secondary N) is 1. The summed E-state index contributed by atoms with van der Waals surface area (Å²) in [5.41, 5.74) is 0. The van der Waals surface area contributed by atoms with E-state index in [1.165, 1.54) is 38.5 Å². The molecule has 1 N–H and O–H groups in total. The molecule has 84 valence electrons. The maximum atomic E-state index is 3.70. The van der Waals surface area contributed by atoms with Gasteiger partial charge in [0.1, 0.15) is 0 Å². The first-order chi connectivity index (χ1) is 6.83. The summed E-state index contributed by atoms with van der Waals surface area (Å²) in [7, 11) is 0. The zero-order chi connectivity index (χ0) is 10.4. The van der Waals surface area contributed by atoms with E-state index in [-0.39, 0.29) is 0 Å². The Hall–Kier alpha value is -0.0400. The first-order valence-corrected chi connectivity index (χ1v) is 6.56. The van der Waals surface area contributed by atoms with Gasteiger partial charge in [-0.2, -0.15) is 0 Å². The first kappa shape index (κ1) is 12.0. The fourth-order valence-corrected chi connectivity index (χ4v) is 2.51. The van der Waals surface area contributed by atoms with Crippen LogP contribution in [0.4, 0.5) is 0 Å². The second-order valence-electron chi connectivity index (χ2n) is 4.73. The number of hydrogen-bond acceptors (Lipinski definition) is 1. The van der Waals surface area contributed by atoms with Gasteiger partial charge in [0.15, 0.2) is 0 Å². The Morgan fingerprint density at radius 2 is 1.93 bits per heavy atom. The van der Waals surface area contributed by atoms with Crippen LogP contribution < -0.4 is 5.32 Å². The van der Waals surface area contributed by atoms with E-state index in [9.17, 15) is 0 Å². The topological polar surface area (TPSA) is 12.0 Å². The number of hydrogen-bond donors (Lipinski definition) is 1. The third-order valence-electron chi connectivity index (χ3n) is 3.53. The van der Waals surface area contributed by atoms with Crippen molar-refractivity contribution in [1.29, 1.82) is 0 Å². The summed E-state index contributed by atoms with van der Waals surface area (Å²) in [4.78, 5) is 0. The number of rotatable bonds is 8. The summed E-state index contributed by atoms with van der Waals surface area (Å²) in [5.74, 6) is 1.94. The maximum Gasteiger partial charge on any atom is 0.0123 e. The highest BCUT2D eigenvalue weighted by atomic mass is 14.9. The Morgan fingerprint density at radius 3 is 2.36 bits per heavy atom. The standard InChI is InChI=1S/C13H27N/c1-4-7-8-11(5-2)13(14-6-3)12-9-10-12/h11-14H,4-10H2,1-3H3. The maximum absolute atomic E-state index is 3.70. The van der Waals surface area contributed by atoms with Gasteiger partial charge in [-0.15, -0.1) is 0 Å². The van der Waals surface area contributed by atoms with Crippen LogP contribution in [0.1, 0.15) is 59.3 Å². The highest BCUT2D eigenvalue weighted by Crippen LogP contribution is 2.38. The van der Waals surface area contributed by atoms with Crippen molar-refractivity contribution >= 4 is 0 Å². The molecule has 0 bridgehead atoms. The SMILES string of the molecule is CCCCC(CC)C(NCC)C1CC1. The van der Waals surface area contributed by atoms with Crippen LogP contribution in [-0.4, -0.2) is 12.6 Å². The van der Waals surface area contributed by atoms with Crippen molar-refractivity contribution in [3.05, 3.63) is 0 Å². The van der Waals surface area contributed by atoms with Crippen molar-refractivity contribution in [1.82, 2.24) is 5.32 Å². The van der Waals surface area contributed by atoms with Crippen LogP contribution in [0, 0.1) is 11.8 Å². The molecule has 14 heavy (non-hydrogen) atoms. The molecule has 1 heteroatoms. The highest BCUT2D eigenvalue weighted by Gasteiger charge is 2.34. The predicted molar refractivity (Wildman–Crippen MR) is 63.5 cm³/mol. The third kappa shape index (κ3) is 3.61. The minimum Gasteiger partial charge on any atom is -0.314 e. The monoisotopic (exact) mass is 197 g/mol. The van der Waals surface area contributed by atoms with Crippen molar-refractivity contribution in [2.24, 2.45) is 11.8 Å². The minimum absolute atomic E-state index is 0.830. The molecule has 0 spiro atoms. The van der Waals surface area contributed by atoms with Gasteiger partial charge >= 0.3 is 0 Å². The van der Waals surface area contributed by atoms with E-state index in [0.29, 0.717) is 0 Å². The van der Waals surface area contributed by atoms with Crippen molar-refractivity contribution < 1.29 is 0 Å². The van der Waals surface area contributed by atoms with Crippen LogP contribution in [0.3, 0.4) is 0 Å². The van der Waals surface area contributed by atoms with Crippen molar-refractivity contribution in [3.8, 4) is 0 Å². The summed E-state index contributed by atoms with van der Waals surface area (Å²) in [5, 5.41) is 3.70. The molecule has 0 aromatic carbocycles. The third-order valence-corrected chi connectivity index (χ3v) is 3.53. The zero-order valence-electron chi connectivity index (χ0n) is 10.2. The lowest BCUT2D eigenvalue weighted by Gasteiger charge is -2.27. The second kappa shape index (κ2) is 6.44. The van der Waals surface area contributed by atoms with Gasteiger partial charge in [-0.25, -0.2) is 0 Å². The van der Waals surface area contributed by atoms with E-state index < -0.39 is 0 Å². The van der Waals surface area contributed by atoms with Gasteiger partial charge in [0, 0.05) is 6.04 Å². The summed E-state index contributed by atoms with van der Waals surface area (Å²) >= 11 is 0. The van der Waals surface area contributed by atoms with Crippen molar-refractivity contribution in [3.63, 3.8) is 0 Å². The molecule has 0 aliphatic heterocycles. The molecule has 0 heterocycles. The van der Waals surface area contributed by atoms with Crippen LogP contribution in [0.15, 0.2) is 0 Å². The summed E-state index contributed by atoms with van der Waals surface area (Å²) in [6.07, 6.45) is 8.49. The van der Waals surface area contributed by atoms with Crippen LogP contribution in [0.25, 0.3) is 0 Å². The Bertz CT molecular complexity index is 140. The Kier molecular flexibility index (Phi) is 5.54. The molecule has 0 saturated heterocycles. The smallest absolute Gasteiger partial charge is 0.0123 e. The van der Waals surface area contributed by atoms with E-state index in [1.54, 1.807) is 0 Å². The lowest BCUT2D eigenvalue weighted by atomic mass is 9.88. The van der Waals surface area contributed by atoms with Gasteiger partial charge in [0.2, 0.25) is 0 Å². The molecule has 0 radical (unpaired) electrons. The summed E-state index contributed by atoms with van der Waals surface area (Å²) in [6, 6.07) is 0.830. The van der Waals surface area contributed by atoms with Gasteiger partial charge < -0.3 is 5.32 Å². The predicted octanol–water partition coefficient (Wildman–Crippen LogP) is 3.59. The molecule has 1 nitrogen and oxygen atoms in total. The lowest BCUT2D eigenvalue weighted by Crippen LogP contribution is -2.37. The Balaban J connectivity index is 2.35. The van der Waals surface area contributed by atoms with Crippen LogP contribution in [0.2, 0.25) is 0 Å². The fraction of sp³-hybridized carbons (Fsp3) is 1.00. The highest BCUT2D eigenvalue weighted by molar-refractivity contribution is 4.90. The Labute approximate surface area is 89.7 Å². The molecule has 0 amide bonds. The molecule has 2 atom stereocenters. The molecule has 2 unspecified atom stereocenters. The minimum atomic E-state index is 0.830. The van der Waals surface area contributed by atoms with E-state index in [2.05, 4.69) is 26.1 Å². The van der Waals surface area contributed by atoms with Gasteiger partial charge in [0.25, 0.3) is 0 Å². The summed E-state index contributed by atoms with van der Waals surface area (Å²) < 4.78 is 0. The lowest BCUT2D eigenvalue weighted by molar-refractivity contribution is 0.294. The Morgan fingerprint density at radius 1 is 1.21 bits per heavy atom. The van der Waals surface area contributed by atoms with E-state index in [1.807, 2.05) is 0 Å². The normalized spacial score (nSPS) is 20.8. The average molecular weight is 197 g/mol. The molecule has 0 aromatic rings. The van der Waals surface area contributed by atoms with Crippen LogP contribution in [-0.2, 0) is 0 Å². The zero-order valence-corrected chi connectivity index (χ0v) is 10.2. The molecule has 1 aliphatic carbocycles. The summed E-state index contributed by atoms with van der Waals surface area (Å²) in [6.45, 7) is 8.03. The molecule has 0 aromatic heterocycles. The van der Waals surface area contributed by atoms with Crippen molar-refractivity contribution in [2.45, 2.75) is 65.3 Å². The molecule has 1 rings (SSSR count). The average Bonchev–Trinajstić information content (AvgIpc) is 3.00. The van der Waals surface area contributed by atoms with Gasteiger partial charge in [-0.1, -0.05) is 40.0 Å². The van der Waals surface area contributed by atoms with Gasteiger partial charge in [-0.3, -0.25) is 0 Å². The van der Waals surface area contributed by atoms with Gasteiger partial charge in [0.05, 0.1) is 0 Å². The fourth-order valence-electron chi connectivity index (χ4n) is 2.51. The molecular weight excluding hydrogens is 170 g/mol. The molecule has 1 aliphatic rings. The van der Waals surface area contributed by atoms with E-state index >= 15 is 0 Å². The largest absolute Gasteiger partial charge is 0.314 e. The van der Waals surface area contributed by atoms with Crippen molar-refractivity contribution in [2.75, 3.05) is 6.54 Å². The molecule has 1 fully saturated rings. The van der Waals surface area contributed by atoms with Crippen LogP contribution in [0.5, 0.6) is 0 Å². The molecular formula is C13H27N. The first-order valence-electron chi connectivity index (χ1n) is 6.56. The molecule has 1 saturated carbocycles. The second-order valence-corrected chi connectivity index (χ2v) is 4.73.